The average Bonchev–Trinajstić information content (AvgIpc) is 2.57. The average molecular weight is 252 g/mol. The second kappa shape index (κ2) is 3.46. The molecule has 2 N–H and O–H groups in total. The van der Waals surface area contributed by atoms with Crippen LogP contribution in [0.5, 0.6) is 0 Å². The fourth-order valence-electron chi connectivity index (χ4n) is 1.26. The van der Waals surface area contributed by atoms with Gasteiger partial charge in [-0.25, -0.2) is 0 Å². The molecule has 0 bridgehead atoms. The molecule has 0 spiro atoms. The molecule has 0 aliphatic carbocycles. The van der Waals surface area contributed by atoms with Crippen LogP contribution in [0.3, 0.4) is 0 Å². The van der Waals surface area contributed by atoms with Gasteiger partial charge in [0.1, 0.15) is 0 Å². The van der Waals surface area contributed by atoms with E-state index in [0.29, 0.717) is 0 Å². The number of aryl methyl sites for hydroxylation is 1. The van der Waals surface area contributed by atoms with Crippen LogP contribution in [0.1, 0.15) is 0 Å². The van der Waals surface area contributed by atoms with Gasteiger partial charge in [0, 0.05) is 29.0 Å². The van der Waals surface area contributed by atoms with Crippen molar-refractivity contribution in [2.24, 2.45) is 7.05 Å². The Balaban J connectivity index is 2.47. The van der Waals surface area contributed by atoms with Gasteiger partial charge in [0.2, 0.25) is 0 Å². The van der Waals surface area contributed by atoms with Gasteiger partial charge in [0.15, 0.2) is 0 Å². The number of anilines is 1. The van der Waals surface area contributed by atoms with Crippen molar-refractivity contribution in [3.63, 3.8) is 0 Å². The largest absolute Gasteiger partial charge is 0.398 e. The highest BCUT2D eigenvalue weighted by Gasteiger charge is 2.02. The van der Waals surface area contributed by atoms with Crippen molar-refractivity contribution in [3.8, 4) is 11.3 Å². The fraction of sp³-hybridized carbons (Fsp3) is 0.100. The molecule has 2 aromatic rings. The maximum absolute atomic E-state index is 5.70. The van der Waals surface area contributed by atoms with E-state index in [9.17, 15) is 0 Å². The van der Waals surface area contributed by atoms with Crippen LogP contribution in [-0.4, -0.2) is 9.78 Å². The van der Waals surface area contributed by atoms with Crippen LogP contribution in [0.25, 0.3) is 11.3 Å². The van der Waals surface area contributed by atoms with Gasteiger partial charge >= 0.3 is 0 Å². The Labute approximate surface area is 90.7 Å². The molecule has 0 saturated heterocycles. The summed E-state index contributed by atoms with van der Waals surface area (Å²) in [4.78, 5) is 0. The van der Waals surface area contributed by atoms with E-state index in [1.165, 1.54) is 0 Å². The lowest BCUT2D eigenvalue weighted by Gasteiger charge is -2.00. The molecule has 3 nitrogen and oxygen atoms in total. The second-order valence-corrected chi connectivity index (χ2v) is 3.97. The van der Waals surface area contributed by atoms with Crippen LogP contribution in [0.4, 0.5) is 5.69 Å². The number of nitrogen functional groups attached to an aromatic ring is 1. The number of benzene rings is 1. The lowest BCUT2D eigenvalue weighted by Crippen LogP contribution is -1.89. The van der Waals surface area contributed by atoms with Gasteiger partial charge in [-0.3, -0.25) is 4.68 Å². The minimum absolute atomic E-state index is 0.740. The predicted molar refractivity (Wildman–Crippen MR) is 60.8 cm³/mol. The third-order valence-corrected chi connectivity index (χ3v) is 2.70. The Bertz CT molecular complexity index is 462. The molecule has 0 saturated carbocycles. The quantitative estimate of drug-likeness (QED) is 0.792. The molecule has 0 unspecified atom stereocenters. The number of hydrogen-bond acceptors (Lipinski definition) is 2. The van der Waals surface area contributed by atoms with Gasteiger partial charge in [-0.15, -0.1) is 0 Å². The standard InChI is InChI=1S/C10H10BrN3/c1-14-5-4-10(13-14)7-2-3-9(12)8(11)6-7/h2-6H,12H2,1H3. The highest BCUT2D eigenvalue weighted by Crippen LogP contribution is 2.25. The van der Waals surface area contributed by atoms with E-state index in [0.717, 1.165) is 21.4 Å². The first kappa shape index (κ1) is 9.27. The first-order valence-corrected chi connectivity index (χ1v) is 5.01. The Hall–Kier alpha value is -1.29. The zero-order chi connectivity index (χ0) is 10.1. The summed E-state index contributed by atoms with van der Waals surface area (Å²) in [5.41, 5.74) is 8.45. The summed E-state index contributed by atoms with van der Waals surface area (Å²) in [6, 6.07) is 7.77. The molecule has 1 heterocycles. The molecule has 0 amide bonds. The monoisotopic (exact) mass is 251 g/mol. The molecule has 1 aromatic heterocycles. The van der Waals surface area contributed by atoms with Crippen molar-refractivity contribution in [2.45, 2.75) is 0 Å². The summed E-state index contributed by atoms with van der Waals surface area (Å²) in [6.45, 7) is 0. The van der Waals surface area contributed by atoms with E-state index < -0.39 is 0 Å². The third-order valence-electron chi connectivity index (χ3n) is 2.01. The third kappa shape index (κ3) is 1.65. The fourth-order valence-corrected chi connectivity index (χ4v) is 1.63. The Kier molecular flexibility index (Phi) is 2.29. The van der Waals surface area contributed by atoms with E-state index in [-0.39, 0.29) is 0 Å². The van der Waals surface area contributed by atoms with E-state index in [1.807, 2.05) is 37.5 Å². The topological polar surface area (TPSA) is 43.8 Å². The van der Waals surface area contributed by atoms with Crippen molar-refractivity contribution in [3.05, 3.63) is 34.9 Å². The molecule has 72 valence electrons. The Morgan fingerprint density at radius 3 is 2.71 bits per heavy atom. The number of aromatic nitrogens is 2. The Morgan fingerprint density at radius 2 is 2.14 bits per heavy atom. The number of nitrogens with zero attached hydrogens (tertiary/aromatic N) is 2. The molecule has 1 aromatic carbocycles. The number of rotatable bonds is 1. The van der Waals surface area contributed by atoms with E-state index in [2.05, 4.69) is 21.0 Å². The molecule has 0 atom stereocenters. The van der Waals surface area contributed by atoms with E-state index in [1.54, 1.807) is 4.68 Å². The number of halogens is 1. The minimum Gasteiger partial charge on any atom is -0.398 e. The predicted octanol–water partition coefficient (Wildman–Crippen LogP) is 2.43. The maximum atomic E-state index is 5.70. The van der Waals surface area contributed by atoms with Gasteiger partial charge in [-0.2, -0.15) is 5.10 Å². The zero-order valence-corrected chi connectivity index (χ0v) is 9.32. The smallest absolute Gasteiger partial charge is 0.0923 e. The molecule has 0 aliphatic rings. The van der Waals surface area contributed by atoms with Crippen molar-refractivity contribution in [1.82, 2.24) is 9.78 Å². The zero-order valence-electron chi connectivity index (χ0n) is 7.74. The summed E-state index contributed by atoms with van der Waals surface area (Å²) >= 11 is 3.39. The van der Waals surface area contributed by atoms with Crippen LogP contribution < -0.4 is 5.73 Å². The molecular formula is C10H10BrN3. The summed E-state index contributed by atoms with van der Waals surface area (Å²) in [5, 5.41) is 4.31. The molecule has 0 aliphatic heterocycles. The molecule has 14 heavy (non-hydrogen) atoms. The van der Waals surface area contributed by atoms with Gasteiger partial charge in [0.05, 0.1) is 5.69 Å². The number of hydrogen-bond donors (Lipinski definition) is 1. The van der Waals surface area contributed by atoms with E-state index >= 15 is 0 Å². The van der Waals surface area contributed by atoms with Crippen LogP contribution in [0.15, 0.2) is 34.9 Å². The molecule has 0 fully saturated rings. The van der Waals surface area contributed by atoms with Crippen LogP contribution in [0.2, 0.25) is 0 Å². The van der Waals surface area contributed by atoms with Crippen molar-refractivity contribution in [1.29, 1.82) is 0 Å². The van der Waals surface area contributed by atoms with Crippen molar-refractivity contribution < 1.29 is 0 Å². The maximum Gasteiger partial charge on any atom is 0.0923 e. The number of nitrogens with two attached hydrogens (primary N) is 1. The first-order valence-electron chi connectivity index (χ1n) is 4.22. The second-order valence-electron chi connectivity index (χ2n) is 3.11. The van der Waals surface area contributed by atoms with Gasteiger partial charge in [-0.1, -0.05) is 6.07 Å². The lowest BCUT2D eigenvalue weighted by molar-refractivity contribution is 0.771. The molecular weight excluding hydrogens is 242 g/mol. The van der Waals surface area contributed by atoms with Gasteiger partial charge < -0.3 is 5.73 Å². The molecule has 4 heteroatoms. The minimum atomic E-state index is 0.740. The first-order chi connectivity index (χ1) is 6.66. The normalized spacial score (nSPS) is 10.4. The van der Waals surface area contributed by atoms with Gasteiger partial charge in [0.25, 0.3) is 0 Å². The molecule has 0 radical (unpaired) electrons. The SMILES string of the molecule is Cn1ccc(-c2ccc(N)c(Br)c2)n1. The van der Waals surface area contributed by atoms with Gasteiger partial charge in [-0.05, 0) is 34.1 Å². The van der Waals surface area contributed by atoms with E-state index in [4.69, 9.17) is 5.73 Å². The van der Waals surface area contributed by atoms with Crippen LogP contribution >= 0.6 is 15.9 Å². The Morgan fingerprint density at radius 1 is 1.36 bits per heavy atom. The summed E-state index contributed by atoms with van der Waals surface area (Å²) in [7, 11) is 1.90. The molecule has 2 rings (SSSR count). The summed E-state index contributed by atoms with van der Waals surface area (Å²) in [5.74, 6) is 0. The highest BCUT2D eigenvalue weighted by molar-refractivity contribution is 9.10. The van der Waals surface area contributed by atoms with Crippen molar-refractivity contribution in [2.75, 3.05) is 5.73 Å². The summed E-state index contributed by atoms with van der Waals surface area (Å²) in [6.07, 6.45) is 1.92. The van der Waals surface area contributed by atoms with Crippen molar-refractivity contribution >= 4 is 21.6 Å². The van der Waals surface area contributed by atoms with Crippen LogP contribution in [0, 0.1) is 0 Å². The summed E-state index contributed by atoms with van der Waals surface area (Å²) < 4.78 is 2.68. The highest BCUT2D eigenvalue weighted by atomic mass is 79.9. The lowest BCUT2D eigenvalue weighted by atomic mass is 10.1. The van der Waals surface area contributed by atoms with Crippen LogP contribution in [-0.2, 0) is 7.05 Å².